The summed E-state index contributed by atoms with van der Waals surface area (Å²) in [4.78, 5) is 12.2. The fourth-order valence-electron chi connectivity index (χ4n) is 2.50. The number of esters is 1. The van der Waals surface area contributed by atoms with E-state index in [2.05, 4.69) is 10.6 Å². The van der Waals surface area contributed by atoms with Gasteiger partial charge in [0.25, 0.3) is 0 Å². The van der Waals surface area contributed by atoms with Crippen LogP contribution in [0.3, 0.4) is 0 Å². The molecule has 0 spiro atoms. The van der Waals surface area contributed by atoms with E-state index >= 15 is 0 Å². The number of carbonyl (C=O) groups is 1. The lowest BCUT2D eigenvalue weighted by atomic mass is 10.1. The third-order valence-electron chi connectivity index (χ3n) is 3.52. The minimum atomic E-state index is -0.342. The standard InChI is InChI=1S/C16H20N2O3S/c1-9-5-12(6-10(2)14(9)20-4)8-21-15(19)13-7-17-16(22)18-11(13)3/h5-6H,7-8H2,1-4H3,(H2,17,18,22). The Morgan fingerprint density at radius 1 is 1.27 bits per heavy atom. The smallest absolute Gasteiger partial charge is 0.337 e. The monoisotopic (exact) mass is 320 g/mol. The molecule has 22 heavy (non-hydrogen) atoms. The van der Waals surface area contributed by atoms with Crippen LogP contribution in [0.1, 0.15) is 23.6 Å². The number of hydrogen-bond donors (Lipinski definition) is 2. The number of aryl methyl sites for hydroxylation is 2. The second-order valence-electron chi connectivity index (χ2n) is 5.25. The van der Waals surface area contributed by atoms with Crippen LogP contribution in [0.4, 0.5) is 0 Å². The van der Waals surface area contributed by atoms with Gasteiger partial charge >= 0.3 is 5.97 Å². The van der Waals surface area contributed by atoms with E-state index in [1.165, 1.54) is 0 Å². The van der Waals surface area contributed by atoms with Gasteiger partial charge in [-0.3, -0.25) is 0 Å². The molecule has 2 N–H and O–H groups in total. The predicted octanol–water partition coefficient (Wildman–Crippen LogP) is 2.11. The van der Waals surface area contributed by atoms with Crippen molar-refractivity contribution in [3.63, 3.8) is 0 Å². The predicted molar refractivity (Wildman–Crippen MR) is 88.7 cm³/mol. The molecule has 1 aromatic rings. The van der Waals surface area contributed by atoms with E-state index in [-0.39, 0.29) is 12.6 Å². The van der Waals surface area contributed by atoms with Crippen LogP contribution in [0.15, 0.2) is 23.4 Å². The lowest BCUT2D eigenvalue weighted by Crippen LogP contribution is -2.42. The van der Waals surface area contributed by atoms with Gasteiger partial charge in [-0.05, 0) is 61.8 Å². The first-order chi connectivity index (χ1) is 10.4. The number of methoxy groups -OCH3 is 1. The van der Waals surface area contributed by atoms with Crippen LogP contribution in [0.5, 0.6) is 5.75 Å². The number of rotatable bonds is 4. The third-order valence-corrected chi connectivity index (χ3v) is 3.77. The van der Waals surface area contributed by atoms with Crippen molar-refractivity contribution in [2.45, 2.75) is 27.4 Å². The molecule has 0 bridgehead atoms. The lowest BCUT2D eigenvalue weighted by molar-refractivity contribution is -0.140. The normalized spacial score (nSPS) is 14.3. The summed E-state index contributed by atoms with van der Waals surface area (Å²) >= 11 is 5.00. The second-order valence-corrected chi connectivity index (χ2v) is 5.66. The van der Waals surface area contributed by atoms with E-state index in [9.17, 15) is 4.79 Å². The zero-order valence-electron chi connectivity index (χ0n) is 13.2. The molecule has 0 aromatic heterocycles. The van der Waals surface area contributed by atoms with Gasteiger partial charge in [-0.1, -0.05) is 0 Å². The Morgan fingerprint density at radius 2 is 1.91 bits per heavy atom. The van der Waals surface area contributed by atoms with Crippen molar-refractivity contribution in [3.05, 3.63) is 40.1 Å². The zero-order valence-corrected chi connectivity index (χ0v) is 14.0. The van der Waals surface area contributed by atoms with Gasteiger partial charge < -0.3 is 20.1 Å². The molecule has 0 aliphatic carbocycles. The molecule has 118 valence electrons. The van der Waals surface area contributed by atoms with Crippen LogP contribution in [0, 0.1) is 13.8 Å². The summed E-state index contributed by atoms with van der Waals surface area (Å²) in [5.41, 5.74) is 4.28. The molecule has 0 saturated heterocycles. The molecule has 1 aliphatic rings. The number of ether oxygens (including phenoxy) is 2. The SMILES string of the molecule is COc1c(C)cc(COC(=O)C2=C(C)NC(=S)NC2)cc1C. The zero-order chi connectivity index (χ0) is 16.3. The van der Waals surface area contributed by atoms with Gasteiger partial charge in [0.15, 0.2) is 5.11 Å². The van der Waals surface area contributed by atoms with E-state index in [0.29, 0.717) is 17.2 Å². The maximum absolute atomic E-state index is 12.2. The minimum absolute atomic E-state index is 0.228. The molecule has 1 aromatic carbocycles. The Kier molecular flexibility index (Phi) is 5.03. The summed E-state index contributed by atoms with van der Waals surface area (Å²) in [6, 6.07) is 3.93. The van der Waals surface area contributed by atoms with Crippen LogP contribution in [-0.4, -0.2) is 24.7 Å². The number of nitrogens with one attached hydrogen (secondary N) is 2. The van der Waals surface area contributed by atoms with Crippen molar-refractivity contribution in [2.24, 2.45) is 0 Å². The summed E-state index contributed by atoms with van der Waals surface area (Å²) in [7, 11) is 1.65. The van der Waals surface area contributed by atoms with Crippen LogP contribution in [0.25, 0.3) is 0 Å². The van der Waals surface area contributed by atoms with Crippen molar-refractivity contribution in [3.8, 4) is 5.75 Å². The highest BCUT2D eigenvalue weighted by atomic mass is 32.1. The van der Waals surface area contributed by atoms with Crippen molar-refractivity contribution in [1.29, 1.82) is 0 Å². The molecule has 0 amide bonds. The molecule has 0 fully saturated rings. The van der Waals surface area contributed by atoms with Gasteiger partial charge in [-0.25, -0.2) is 4.79 Å². The second kappa shape index (κ2) is 6.79. The van der Waals surface area contributed by atoms with E-state index in [0.717, 1.165) is 28.1 Å². The molecule has 6 heteroatoms. The van der Waals surface area contributed by atoms with Gasteiger partial charge in [-0.15, -0.1) is 0 Å². The summed E-state index contributed by atoms with van der Waals surface area (Å²) in [5.74, 6) is 0.522. The molecule has 0 unspecified atom stereocenters. The summed E-state index contributed by atoms with van der Waals surface area (Å²) in [6.45, 7) is 6.37. The maximum atomic E-state index is 12.2. The fraction of sp³-hybridized carbons (Fsp3) is 0.375. The van der Waals surface area contributed by atoms with Gasteiger partial charge in [0, 0.05) is 5.70 Å². The summed E-state index contributed by atoms with van der Waals surface area (Å²) < 4.78 is 10.7. The highest BCUT2D eigenvalue weighted by molar-refractivity contribution is 7.80. The number of benzene rings is 1. The largest absolute Gasteiger partial charge is 0.496 e. The molecule has 1 aliphatic heterocycles. The Balaban J connectivity index is 2.06. The molecule has 5 nitrogen and oxygen atoms in total. The van der Waals surface area contributed by atoms with E-state index in [1.807, 2.05) is 32.9 Å². The number of allylic oxidation sites excluding steroid dienone is 1. The van der Waals surface area contributed by atoms with Crippen molar-refractivity contribution < 1.29 is 14.3 Å². The first-order valence-corrected chi connectivity index (χ1v) is 7.39. The Bertz CT molecular complexity index is 630. The van der Waals surface area contributed by atoms with Gasteiger partial charge in [-0.2, -0.15) is 0 Å². The Morgan fingerprint density at radius 3 is 2.45 bits per heavy atom. The quantitative estimate of drug-likeness (QED) is 0.654. The molecule has 0 atom stereocenters. The topological polar surface area (TPSA) is 59.6 Å². The first-order valence-electron chi connectivity index (χ1n) is 6.98. The molecular weight excluding hydrogens is 300 g/mol. The highest BCUT2D eigenvalue weighted by Crippen LogP contribution is 2.24. The Hall–Kier alpha value is -2.08. The molecule has 0 saturated carbocycles. The highest BCUT2D eigenvalue weighted by Gasteiger charge is 2.19. The van der Waals surface area contributed by atoms with Crippen molar-refractivity contribution in [2.75, 3.05) is 13.7 Å². The van der Waals surface area contributed by atoms with Crippen LogP contribution in [-0.2, 0) is 16.1 Å². The summed E-state index contributed by atoms with van der Waals surface area (Å²) in [5, 5.41) is 6.37. The molecule has 1 heterocycles. The lowest BCUT2D eigenvalue weighted by Gasteiger charge is -2.21. The van der Waals surface area contributed by atoms with Gasteiger partial charge in [0.1, 0.15) is 12.4 Å². The van der Waals surface area contributed by atoms with Crippen molar-refractivity contribution >= 4 is 23.3 Å². The van der Waals surface area contributed by atoms with Crippen LogP contribution in [0.2, 0.25) is 0 Å². The van der Waals surface area contributed by atoms with Crippen LogP contribution < -0.4 is 15.4 Å². The molecule has 0 radical (unpaired) electrons. The average molecular weight is 320 g/mol. The van der Waals surface area contributed by atoms with E-state index in [4.69, 9.17) is 21.7 Å². The van der Waals surface area contributed by atoms with Crippen molar-refractivity contribution in [1.82, 2.24) is 10.6 Å². The molecule has 2 rings (SSSR count). The van der Waals surface area contributed by atoms with E-state index in [1.54, 1.807) is 7.11 Å². The number of carbonyl (C=O) groups excluding carboxylic acids is 1. The van der Waals surface area contributed by atoms with E-state index < -0.39 is 0 Å². The maximum Gasteiger partial charge on any atom is 0.337 e. The number of hydrogen-bond acceptors (Lipinski definition) is 4. The summed E-state index contributed by atoms with van der Waals surface area (Å²) in [6.07, 6.45) is 0. The fourth-order valence-corrected chi connectivity index (χ4v) is 2.72. The van der Waals surface area contributed by atoms with Gasteiger partial charge in [0.2, 0.25) is 0 Å². The minimum Gasteiger partial charge on any atom is -0.496 e. The van der Waals surface area contributed by atoms with Gasteiger partial charge in [0.05, 0.1) is 19.2 Å². The first kappa shape index (κ1) is 16.3. The average Bonchev–Trinajstić information content (AvgIpc) is 2.44. The van der Waals surface area contributed by atoms with Crippen LogP contribution >= 0.6 is 12.2 Å². The molecular formula is C16H20N2O3S. The number of thiocarbonyl (C=S) groups is 1. The Labute approximate surface area is 135 Å². The third kappa shape index (κ3) is 3.57.